The predicted octanol–water partition coefficient (Wildman–Crippen LogP) is 2.87. The van der Waals surface area contributed by atoms with Gasteiger partial charge in [0.05, 0.1) is 6.26 Å². The highest BCUT2D eigenvalue weighted by Crippen LogP contribution is 2.34. The highest BCUT2D eigenvalue weighted by Gasteiger charge is 2.28. The third kappa shape index (κ3) is 1.42. The third-order valence-electron chi connectivity index (χ3n) is 2.87. The maximum Gasteiger partial charge on any atom is 0.101 e. The molecule has 0 aromatic rings. The van der Waals surface area contributed by atoms with Crippen molar-refractivity contribution in [3.05, 3.63) is 11.8 Å². The molecule has 0 spiro atoms. The fourth-order valence-electron chi connectivity index (χ4n) is 2.25. The molecule has 11 heavy (non-hydrogen) atoms. The van der Waals surface area contributed by atoms with E-state index in [1.807, 2.05) is 6.26 Å². The molecule has 0 aromatic carbocycles. The number of ether oxygens (including phenoxy) is 1. The van der Waals surface area contributed by atoms with Gasteiger partial charge in [-0.25, -0.2) is 0 Å². The molecule has 1 aliphatic carbocycles. The van der Waals surface area contributed by atoms with E-state index in [-0.39, 0.29) is 0 Å². The monoisotopic (exact) mass is 152 g/mol. The highest BCUT2D eigenvalue weighted by atomic mass is 16.5. The first-order valence-corrected chi connectivity index (χ1v) is 4.67. The zero-order chi connectivity index (χ0) is 7.68. The Bertz CT molecular complexity index is 172. The predicted molar refractivity (Wildman–Crippen MR) is 45.2 cm³/mol. The number of hydrogen-bond donors (Lipinski definition) is 0. The molecular formula is C10H16O. The van der Waals surface area contributed by atoms with Crippen molar-refractivity contribution in [3.63, 3.8) is 0 Å². The zero-order valence-electron chi connectivity index (χ0n) is 7.18. The van der Waals surface area contributed by atoms with E-state index in [1.54, 1.807) is 0 Å². The minimum absolute atomic E-state index is 0.562. The summed E-state index contributed by atoms with van der Waals surface area (Å²) in [4.78, 5) is 0. The molecule has 1 heteroatoms. The van der Waals surface area contributed by atoms with Crippen molar-refractivity contribution in [2.75, 3.05) is 0 Å². The van der Waals surface area contributed by atoms with E-state index >= 15 is 0 Å². The number of allylic oxidation sites excluding steroid dienone is 1. The number of hydrogen-bond acceptors (Lipinski definition) is 1. The van der Waals surface area contributed by atoms with Crippen LogP contribution >= 0.6 is 0 Å². The Kier molecular flexibility index (Phi) is 1.89. The smallest absolute Gasteiger partial charge is 0.101 e. The van der Waals surface area contributed by atoms with E-state index < -0.39 is 0 Å². The summed E-state index contributed by atoms with van der Waals surface area (Å²) in [6.45, 7) is 2.17. The zero-order valence-corrected chi connectivity index (χ0v) is 7.18. The second kappa shape index (κ2) is 2.88. The minimum Gasteiger partial charge on any atom is -0.498 e. The molecule has 0 radical (unpaired) electrons. The second-order valence-corrected chi connectivity index (χ2v) is 3.89. The molecule has 62 valence electrons. The first-order valence-electron chi connectivity index (χ1n) is 4.67. The van der Waals surface area contributed by atoms with Crippen LogP contribution in [0.5, 0.6) is 0 Å². The Morgan fingerprint density at radius 3 is 3.09 bits per heavy atom. The van der Waals surface area contributed by atoms with Crippen molar-refractivity contribution in [2.24, 2.45) is 5.92 Å². The molecule has 1 nitrogen and oxygen atoms in total. The van der Waals surface area contributed by atoms with Crippen molar-refractivity contribution in [1.29, 1.82) is 0 Å². The maximum absolute atomic E-state index is 5.63. The van der Waals surface area contributed by atoms with Crippen molar-refractivity contribution >= 4 is 0 Å². The van der Waals surface area contributed by atoms with Crippen LogP contribution in [0.3, 0.4) is 0 Å². The van der Waals surface area contributed by atoms with Crippen LogP contribution < -0.4 is 0 Å². The van der Waals surface area contributed by atoms with Crippen molar-refractivity contribution in [3.8, 4) is 0 Å². The molecule has 0 saturated heterocycles. The average Bonchev–Trinajstić information content (AvgIpc) is 2.04. The number of rotatable bonds is 0. The fraction of sp³-hybridized carbons (Fsp3) is 0.800. The van der Waals surface area contributed by atoms with Crippen molar-refractivity contribution in [2.45, 2.75) is 45.1 Å². The normalized spacial score (nSPS) is 37.0. The van der Waals surface area contributed by atoms with Crippen LogP contribution in [0.1, 0.15) is 39.0 Å². The van der Waals surface area contributed by atoms with E-state index in [4.69, 9.17) is 4.74 Å². The van der Waals surface area contributed by atoms with Crippen LogP contribution in [0.15, 0.2) is 11.8 Å². The van der Waals surface area contributed by atoms with Gasteiger partial charge in [0.25, 0.3) is 0 Å². The molecule has 0 bridgehead atoms. The van der Waals surface area contributed by atoms with Gasteiger partial charge in [-0.15, -0.1) is 0 Å². The molecule has 2 atom stereocenters. The molecule has 1 saturated carbocycles. The lowest BCUT2D eigenvalue weighted by Gasteiger charge is -2.34. The Morgan fingerprint density at radius 1 is 1.36 bits per heavy atom. The average molecular weight is 152 g/mol. The fourth-order valence-corrected chi connectivity index (χ4v) is 2.25. The van der Waals surface area contributed by atoms with Crippen LogP contribution in [-0.4, -0.2) is 6.10 Å². The van der Waals surface area contributed by atoms with Gasteiger partial charge in [-0.3, -0.25) is 0 Å². The summed E-state index contributed by atoms with van der Waals surface area (Å²) in [5, 5.41) is 0. The summed E-state index contributed by atoms with van der Waals surface area (Å²) in [5.41, 5.74) is 1.42. The molecule has 0 N–H and O–H groups in total. The van der Waals surface area contributed by atoms with Gasteiger partial charge in [0.2, 0.25) is 0 Å². The lowest BCUT2D eigenvalue weighted by molar-refractivity contribution is 0.0364. The molecule has 1 fully saturated rings. The van der Waals surface area contributed by atoms with E-state index in [0.29, 0.717) is 6.10 Å². The van der Waals surface area contributed by atoms with Gasteiger partial charge in [0, 0.05) is 0 Å². The van der Waals surface area contributed by atoms with Gasteiger partial charge in [-0.05, 0) is 44.1 Å². The van der Waals surface area contributed by atoms with Crippen molar-refractivity contribution in [1.82, 2.24) is 0 Å². The molecule has 2 unspecified atom stereocenters. The van der Waals surface area contributed by atoms with Crippen LogP contribution in [0.2, 0.25) is 0 Å². The lowest BCUT2D eigenvalue weighted by atomic mass is 9.81. The summed E-state index contributed by atoms with van der Waals surface area (Å²) >= 11 is 0. The van der Waals surface area contributed by atoms with Gasteiger partial charge >= 0.3 is 0 Å². The highest BCUT2D eigenvalue weighted by molar-refractivity contribution is 5.01. The molecule has 1 heterocycles. The summed E-state index contributed by atoms with van der Waals surface area (Å²) in [5.74, 6) is 0.841. The van der Waals surface area contributed by atoms with Crippen LogP contribution in [-0.2, 0) is 4.74 Å². The summed E-state index contributed by atoms with van der Waals surface area (Å²) in [6, 6.07) is 0. The minimum atomic E-state index is 0.562. The van der Waals surface area contributed by atoms with E-state index in [1.165, 1.54) is 37.7 Å². The van der Waals surface area contributed by atoms with E-state index in [9.17, 15) is 0 Å². The first-order chi connectivity index (χ1) is 5.36. The molecule has 0 amide bonds. The van der Waals surface area contributed by atoms with E-state index in [2.05, 4.69) is 6.92 Å². The molecule has 1 aliphatic heterocycles. The molecule has 2 rings (SSSR count). The van der Waals surface area contributed by atoms with E-state index in [0.717, 1.165) is 5.92 Å². The molecule has 0 aromatic heterocycles. The maximum atomic E-state index is 5.63. The first kappa shape index (κ1) is 7.20. The van der Waals surface area contributed by atoms with Crippen molar-refractivity contribution < 1.29 is 4.74 Å². The lowest BCUT2D eigenvalue weighted by Crippen LogP contribution is -2.29. The quantitative estimate of drug-likeness (QED) is 0.518. The Morgan fingerprint density at radius 2 is 2.18 bits per heavy atom. The standard InChI is InChI=1S/C10H16O/c1-8-6-9-4-2-3-5-10(9)11-7-8/h7,9-10H,2-6H2,1H3. The molecule has 2 aliphatic rings. The van der Waals surface area contributed by atoms with Gasteiger partial charge in [-0.1, -0.05) is 6.42 Å². The van der Waals surface area contributed by atoms with Crippen LogP contribution in [0.25, 0.3) is 0 Å². The summed E-state index contributed by atoms with van der Waals surface area (Å²) < 4.78 is 5.63. The van der Waals surface area contributed by atoms with Gasteiger partial charge in [0.15, 0.2) is 0 Å². The van der Waals surface area contributed by atoms with Gasteiger partial charge in [0.1, 0.15) is 6.10 Å². The Labute approximate surface area is 68.4 Å². The van der Waals surface area contributed by atoms with Crippen LogP contribution in [0.4, 0.5) is 0 Å². The number of fused-ring (bicyclic) bond motifs is 1. The largest absolute Gasteiger partial charge is 0.498 e. The Balaban J connectivity index is 2.04. The SMILES string of the molecule is CC1=COC2CCCCC2C1. The van der Waals surface area contributed by atoms with Crippen LogP contribution in [0, 0.1) is 5.92 Å². The summed E-state index contributed by atoms with van der Waals surface area (Å²) in [6.07, 6.45) is 9.26. The Hall–Kier alpha value is -0.460. The van der Waals surface area contributed by atoms with Gasteiger partial charge in [-0.2, -0.15) is 0 Å². The molecular weight excluding hydrogens is 136 g/mol. The second-order valence-electron chi connectivity index (χ2n) is 3.89. The third-order valence-corrected chi connectivity index (χ3v) is 2.87. The summed E-state index contributed by atoms with van der Waals surface area (Å²) in [7, 11) is 0. The van der Waals surface area contributed by atoms with Gasteiger partial charge < -0.3 is 4.74 Å². The topological polar surface area (TPSA) is 9.23 Å².